The molecule has 0 saturated carbocycles. The second-order valence-corrected chi connectivity index (χ2v) is 6.89. The summed E-state index contributed by atoms with van der Waals surface area (Å²) in [6.45, 7) is 1.05. The molecule has 0 spiro atoms. The highest BCUT2D eigenvalue weighted by molar-refractivity contribution is 5.91. The van der Waals surface area contributed by atoms with Crippen molar-refractivity contribution >= 4 is 21.9 Å². The summed E-state index contributed by atoms with van der Waals surface area (Å²) in [7, 11) is 1.76. The smallest absolute Gasteiger partial charge is 0.310 e. The van der Waals surface area contributed by atoms with Gasteiger partial charge in [-0.3, -0.25) is 14.5 Å². The van der Waals surface area contributed by atoms with Crippen LogP contribution in [-0.4, -0.2) is 26.1 Å². The third kappa shape index (κ3) is 2.34. The lowest BCUT2D eigenvalue weighted by atomic mass is 9.94. The number of aromatic nitrogens is 4. The molecular formula is C20H19N5O. The number of H-pyrrole nitrogens is 1. The number of aromatic amines is 1. The van der Waals surface area contributed by atoms with Crippen LogP contribution in [0.15, 0.2) is 47.7 Å². The molecule has 0 amide bonds. The Morgan fingerprint density at radius 1 is 1.19 bits per heavy atom. The highest BCUT2D eigenvalue weighted by Crippen LogP contribution is 2.34. The molecule has 3 aromatic heterocycles. The quantitative estimate of drug-likeness (QED) is 0.586. The van der Waals surface area contributed by atoms with Crippen molar-refractivity contribution < 1.29 is 0 Å². The zero-order chi connectivity index (χ0) is 17.7. The number of hydrogen-bond acceptors (Lipinski definition) is 4. The van der Waals surface area contributed by atoms with Crippen molar-refractivity contribution in [2.75, 3.05) is 6.54 Å². The van der Waals surface area contributed by atoms with Crippen LogP contribution in [0.25, 0.3) is 33.1 Å². The number of nitrogens with zero attached hydrogens (tertiary/aromatic N) is 3. The molecule has 0 bridgehead atoms. The fourth-order valence-electron chi connectivity index (χ4n) is 3.89. The number of benzene rings is 1. The van der Waals surface area contributed by atoms with Crippen LogP contribution in [0, 0.1) is 0 Å². The number of imidazole rings is 1. The first-order chi connectivity index (χ1) is 12.7. The second-order valence-electron chi connectivity index (χ2n) is 6.89. The van der Waals surface area contributed by atoms with Crippen LogP contribution in [0.1, 0.15) is 24.4 Å². The van der Waals surface area contributed by atoms with Crippen molar-refractivity contribution in [1.82, 2.24) is 24.8 Å². The van der Waals surface area contributed by atoms with Crippen molar-refractivity contribution in [3.8, 4) is 11.1 Å². The standard InChI is InChI=1S/C20H19N5O/c1-25-18-9-14(10-23-19(18)24-20(25)26)13-7-12-4-6-21-11-16(12)15(8-13)17-3-2-5-22-17/h4,6-11,17,22H,2-3,5H2,1H3,(H,23,24,26). The number of rotatable bonds is 2. The van der Waals surface area contributed by atoms with Gasteiger partial charge in [-0.15, -0.1) is 0 Å². The molecule has 6 nitrogen and oxygen atoms in total. The van der Waals surface area contributed by atoms with Gasteiger partial charge in [0, 0.05) is 42.6 Å². The summed E-state index contributed by atoms with van der Waals surface area (Å²) in [5, 5.41) is 5.96. The third-order valence-electron chi connectivity index (χ3n) is 5.32. The van der Waals surface area contributed by atoms with Gasteiger partial charge in [-0.2, -0.15) is 0 Å². The van der Waals surface area contributed by atoms with Gasteiger partial charge in [-0.05, 0) is 60.2 Å². The van der Waals surface area contributed by atoms with E-state index in [1.807, 2.05) is 24.7 Å². The summed E-state index contributed by atoms with van der Waals surface area (Å²) in [5.41, 5.74) is 4.67. The van der Waals surface area contributed by atoms with Gasteiger partial charge >= 0.3 is 5.69 Å². The van der Waals surface area contributed by atoms with Crippen LogP contribution in [-0.2, 0) is 7.05 Å². The minimum atomic E-state index is -0.148. The van der Waals surface area contributed by atoms with E-state index in [9.17, 15) is 4.79 Å². The molecule has 5 rings (SSSR count). The molecule has 1 aromatic carbocycles. The maximum atomic E-state index is 11.8. The summed E-state index contributed by atoms with van der Waals surface area (Å²) in [4.78, 5) is 23.4. The Hall–Kier alpha value is -2.99. The summed E-state index contributed by atoms with van der Waals surface area (Å²) in [5.74, 6) is 0. The number of pyridine rings is 2. The van der Waals surface area contributed by atoms with Gasteiger partial charge in [0.05, 0.1) is 5.52 Å². The average molecular weight is 345 g/mol. The first kappa shape index (κ1) is 15.3. The Kier molecular flexibility index (Phi) is 3.39. The van der Waals surface area contributed by atoms with Crippen molar-refractivity contribution in [3.05, 3.63) is 58.9 Å². The molecule has 4 aromatic rings. The normalized spacial score (nSPS) is 17.3. The van der Waals surface area contributed by atoms with Crippen molar-refractivity contribution in [2.24, 2.45) is 7.05 Å². The number of aryl methyl sites for hydroxylation is 1. The minimum Gasteiger partial charge on any atom is -0.310 e. The molecule has 4 heterocycles. The molecule has 1 atom stereocenters. The Labute approximate surface area is 149 Å². The largest absolute Gasteiger partial charge is 0.327 e. The fraction of sp³-hybridized carbons (Fsp3) is 0.250. The Bertz CT molecular complexity index is 1180. The Balaban J connectivity index is 1.74. The molecule has 26 heavy (non-hydrogen) atoms. The van der Waals surface area contributed by atoms with Crippen LogP contribution in [0.3, 0.4) is 0 Å². The van der Waals surface area contributed by atoms with Gasteiger partial charge in [-0.1, -0.05) is 0 Å². The number of fused-ring (bicyclic) bond motifs is 2. The summed E-state index contributed by atoms with van der Waals surface area (Å²) in [6.07, 6.45) is 7.93. The van der Waals surface area contributed by atoms with E-state index in [-0.39, 0.29) is 5.69 Å². The van der Waals surface area contributed by atoms with Crippen LogP contribution < -0.4 is 11.0 Å². The first-order valence-electron chi connectivity index (χ1n) is 8.87. The molecule has 130 valence electrons. The molecule has 1 aliphatic heterocycles. The van der Waals surface area contributed by atoms with Crippen molar-refractivity contribution in [3.63, 3.8) is 0 Å². The summed E-state index contributed by atoms with van der Waals surface area (Å²) >= 11 is 0. The minimum absolute atomic E-state index is 0.148. The predicted molar refractivity (Wildman–Crippen MR) is 102 cm³/mol. The monoisotopic (exact) mass is 345 g/mol. The van der Waals surface area contributed by atoms with E-state index < -0.39 is 0 Å². The second kappa shape index (κ2) is 5.78. The number of hydrogen-bond donors (Lipinski definition) is 2. The van der Waals surface area contributed by atoms with Gasteiger partial charge < -0.3 is 5.32 Å². The highest BCUT2D eigenvalue weighted by Gasteiger charge is 2.20. The SMILES string of the molecule is Cn1c(=O)[nH]c2ncc(-c3cc(C4CCCN4)c4cnccc4c3)cc21. The van der Waals surface area contributed by atoms with E-state index in [1.165, 1.54) is 22.8 Å². The van der Waals surface area contributed by atoms with Crippen LogP contribution in [0.4, 0.5) is 0 Å². The predicted octanol–water partition coefficient (Wildman–Crippen LogP) is 2.90. The van der Waals surface area contributed by atoms with E-state index in [4.69, 9.17) is 0 Å². The average Bonchev–Trinajstić information content (AvgIpc) is 3.30. The lowest BCUT2D eigenvalue weighted by Crippen LogP contribution is -2.13. The van der Waals surface area contributed by atoms with Crippen molar-refractivity contribution in [1.29, 1.82) is 0 Å². The molecule has 0 radical (unpaired) electrons. The Morgan fingerprint density at radius 3 is 2.96 bits per heavy atom. The Morgan fingerprint density at radius 2 is 2.12 bits per heavy atom. The fourth-order valence-corrected chi connectivity index (χ4v) is 3.89. The maximum Gasteiger partial charge on any atom is 0.327 e. The van der Waals surface area contributed by atoms with E-state index >= 15 is 0 Å². The molecule has 1 unspecified atom stereocenters. The van der Waals surface area contributed by atoms with E-state index in [0.29, 0.717) is 11.7 Å². The van der Waals surface area contributed by atoms with Gasteiger partial charge in [0.2, 0.25) is 0 Å². The van der Waals surface area contributed by atoms with Gasteiger partial charge in [0.25, 0.3) is 0 Å². The van der Waals surface area contributed by atoms with Crippen LogP contribution in [0.5, 0.6) is 0 Å². The molecule has 2 N–H and O–H groups in total. The maximum absolute atomic E-state index is 11.8. The third-order valence-corrected chi connectivity index (χ3v) is 5.32. The summed E-state index contributed by atoms with van der Waals surface area (Å²) in [6, 6.07) is 8.84. The molecular weight excluding hydrogens is 326 g/mol. The van der Waals surface area contributed by atoms with Gasteiger partial charge in [0.1, 0.15) is 0 Å². The number of nitrogens with one attached hydrogen (secondary N) is 2. The molecule has 1 aliphatic rings. The lowest BCUT2D eigenvalue weighted by molar-refractivity contribution is 0.653. The van der Waals surface area contributed by atoms with Gasteiger partial charge in [0.15, 0.2) is 5.65 Å². The van der Waals surface area contributed by atoms with E-state index in [2.05, 4.69) is 38.5 Å². The zero-order valence-corrected chi connectivity index (χ0v) is 14.5. The molecule has 1 fully saturated rings. The van der Waals surface area contributed by atoms with Crippen molar-refractivity contribution in [2.45, 2.75) is 18.9 Å². The van der Waals surface area contributed by atoms with E-state index in [1.54, 1.807) is 11.6 Å². The molecule has 6 heteroatoms. The van der Waals surface area contributed by atoms with E-state index in [0.717, 1.165) is 29.6 Å². The lowest BCUT2D eigenvalue weighted by Gasteiger charge is -2.16. The van der Waals surface area contributed by atoms with Gasteiger partial charge in [-0.25, -0.2) is 9.78 Å². The van der Waals surface area contributed by atoms with Crippen LogP contribution in [0.2, 0.25) is 0 Å². The van der Waals surface area contributed by atoms with Crippen LogP contribution >= 0.6 is 0 Å². The summed E-state index contributed by atoms with van der Waals surface area (Å²) < 4.78 is 1.59. The molecule has 0 aliphatic carbocycles. The highest BCUT2D eigenvalue weighted by atomic mass is 16.1. The first-order valence-corrected chi connectivity index (χ1v) is 8.87. The zero-order valence-electron chi connectivity index (χ0n) is 14.5. The molecule has 1 saturated heterocycles. The topological polar surface area (TPSA) is 75.6 Å².